The highest BCUT2D eigenvalue weighted by atomic mass is 35.5. The molecular formula is C30H27ClN2O9. The monoisotopic (exact) mass is 594 g/mol. The molecule has 2 aromatic carbocycles. The van der Waals surface area contributed by atoms with Crippen LogP contribution in [0, 0.1) is 5.92 Å². The molecule has 7 rings (SSSR count). The summed E-state index contributed by atoms with van der Waals surface area (Å²) in [7, 11) is 1.42. The lowest BCUT2D eigenvalue weighted by Crippen LogP contribution is -2.42. The smallest absolute Gasteiger partial charge is 0.280 e. The number of hydrogen-bond acceptors (Lipinski definition) is 10. The number of carbonyl (C=O) groups is 1. The van der Waals surface area contributed by atoms with E-state index in [4.69, 9.17) is 36.4 Å². The first-order valence-electron chi connectivity index (χ1n) is 13.5. The molecule has 42 heavy (non-hydrogen) atoms. The molecule has 1 unspecified atom stereocenters. The van der Waals surface area contributed by atoms with Crippen LogP contribution >= 0.6 is 11.6 Å². The molecule has 2 aliphatic heterocycles. The number of phenolic OH excluding ortho intramolecular Hbond substituents is 2. The van der Waals surface area contributed by atoms with Crippen LogP contribution in [-0.2, 0) is 15.9 Å². The van der Waals surface area contributed by atoms with Gasteiger partial charge in [0.25, 0.3) is 5.56 Å². The molecule has 1 aromatic heterocycles. The second-order valence-corrected chi connectivity index (χ2v) is 11.3. The molecule has 3 heterocycles. The van der Waals surface area contributed by atoms with Crippen LogP contribution in [0.4, 0.5) is 0 Å². The third-order valence-electron chi connectivity index (χ3n) is 8.85. The fourth-order valence-electron chi connectivity index (χ4n) is 6.54. The normalized spacial score (nSPS) is 22.5. The van der Waals surface area contributed by atoms with Gasteiger partial charge < -0.3 is 40.1 Å². The summed E-state index contributed by atoms with van der Waals surface area (Å²) < 4.78 is 24.4. The molecule has 4 atom stereocenters. The van der Waals surface area contributed by atoms with E-state index in [1.54, 1.807) is 6.07 Å². The number of rotatable bonds is 3. The van der Waals surface area contributed by atoms with Crippen LogP contribution in [0.25, 0.3) is 21.9 Å². The maximum atomic E-state index is 13.9. The van der Waals surface area contributed by atoms with Crippen molar-refractivity contribution in [2.24, 2.45) is 5.92 Å². The number of methoxy groups -OCH3 is 1. The second-order valence-electron chi connectivity index (χ2n) is 10.9. The van der Waals surface area contributed by atoms with Gasteiger partial charge in [-0.05, 0) is 36.1 Å². The first-order chi connectivity index (χ1) is 20.1. The summed E-state index contributed by atoms with van der Waals surface area (Å²) in [5.41, 5.74) is 0.513. The Balaban J connectivity index is 1.56. The molecule has 0 saturated carbocycles. The number of benzene rings is 2. The van der Waals surface area contributed by atoms with E-state index in [1.165, 1.54) is 19.3 Å². The van der Waals surface area contributed by atoms with Crippen molar-refractivity contribution in [3.05, 3.63) is 67.5 Å². The number of ketones is 1. The van der Waals surface area contributed by atoms with E-state index < -0.39 is 41.0 Å². The highest BCUT2D eigenvalue weighted by Crippen LogP contribution is 2.61. The SMILES string of the molecule is CCC(C)c1cc2c(Cl)c3c(c(O)c2c(=O)n1N)-c1c(O)c2c(c4c1[C@@H](C3)OCO4)O[C@@H]1C(OC)=CC=C(O)[C@@H]1C2=O. The van der Waals surface area contributed by atoms with Gasteiger partial charge in [-0.25, -0.2) is 4.68 Å². The standard InChI is InChI=1S/C30H27ClN2O9/c1-4-10(2)13-7-11-18(30(38)33(13)32)24(35)17-12(23(11)31)8-16-20-21(17)26(37)22-25(36)19-14(34)5-6-15(39-3)27(19)42-29(22)28(20)41-9-40-16/h5-7,10,16,19,27,34-35,37H,4,8-9,32H2,1-3H3/t10?,16-,19-,27-/m1/s1. The molecule has 3 aromatic rings. The van der Waals surface area contributed by atoms with Crippen molar-refractivity contribution < 1.29 is 39.1 Å². The Labute approximate surface area is 243 Å². The molecule has 4 aliphatic rings. The number of carbonyl (C=O) groups excluding carboxylic acids is 1. The number of nitrogen functional groups attached to an aromatic ring is 1. The van der Waals surface area contributed by atoms with Crippen molar-refractivity contribution in [2.75, 3.05) is 19.7 Å². The summed E-state index contributed by atoms with van der Waals surface area (Å²) in [5.74, 6) is 3.49. The molecule has 2 aliphatic carbocycles. The Morgan fingerprint density at radius 3 is 2.62 bits per heavy atom. The number of aliphatic hydroxyl groups excluding tert-OH is 1. The Morgan fingerprint density at radius 1 is 1.14 bits per heavy atom. The number of aromatic hydroxyl groups is 2. The van der Waals surface area contributed by atoms with Crippen LogP contribution in [0.3, 0.4) is 0 Å². The minimum atomic E-state index is -1.19. The Morgan fingerprint density at radius 2 is 1.90 bits per heavy atom. The van der Waals surface area contributed by atoms with Gasteiger partial charge in [0.1, 0.15) is 34.5 Å². The summed E-state index contributed by atoms with van der Waals surface area (Å²) in [5, 5.41) is 34.5. The number of fused-ring (bicyclic) bond motifs is 6. The first kappa shape index (κ1) is 26.5. The number of halogens is 1. The number of aromatic nitrogens is 1. The molecule has 0 radical (unpaired) electrons. The average Bonchev–Trinajstić information content (AvgIpc) is 2.98. The molecule has 0 bridgehead atoms. The largest absolute Gasteiger partial charge is 0.511 e. The molecule has 11 nitrogen and oxygen atoms in total. The summed E-state index contributed by atoms with van der Waals surface area (Å²) >= 11 is 6.97. The van der Waals surface area contributed by atoms with Crippen LogP contribution in [0.1, 0.15) is 59.5 Å². The zero-order valence-electron chi connectivity index (χ0n) is 22.9. The zero-order chi connectivity index (χ0) is 29.8. The van der Waals surface area contributed by atoms with Crippen LogP contribution < -0.4 is 20.9 Å². The van der Waals surface area contributed by atoms with E-state index >= 15 is 0 Å². The predicted octanol–water partition coefficient (Wildman–Crippen LogP) is 4.47. The van der Waals surface area contributed by atoms with Gasteiger partial charge in [-0.15, -0.1) is 0 Å². The fourth-order valence-corrected chi connectivity index (χ4v) is 6.86. The van der Waals surface area contributed by atoms with Gasteiger partial charge in [-0.2, -0.15) is 0 Å². The Kier molecular flexibility index (Phi) is 5.73. The van der Waals surface area contributed by atoms with Gasteiger partial charge in [0.2, 0.25) is 0 Å². The third-order valence-corrected chi connectivity index (χ3v) is 9.28. The van der Waals surface area contributed by atoms with E-state index in [-0.39, 0.29) is 63.5 Å². The van der Waals surface area contributed by atoms with Gasteiger partial charge in [0, 0.05) is 34.2 Å². The highest BCUT2D eigenvalue weighted by Gasteiger charge is 2.50. The van der Waals surface area contributed by atoms with E-state index in [9.17, 15) is 24.9 Å². The number of hydrogen-bond donors (Lipinski definition) is 4. The highest BCUT2D eigenvalue weighted by molar-refractivity contribution is 6.37. The summed E-state index contributed by atoms with van der Waals surface area (Å²) in [6, 6.07) is 1.70. The van der Waals surface area contributed by atoms with E-state index in [1.807, 2.05) is 13.8 Å². The van der Waals surface area contributed by atoms with Crippen LogP contribution in [0.2, 0.25) is 5.02 Å². The number of allylic oxidation sites excluding steroid dienone is 2. The Hall–Kier alpha value is -4.35. The van der Waals surface area contributed by atoms with E-state index in [0.29, 0.717) is 34.4 Å². The third kappa shape index (κ3) is 3.26. The van der Waals surface area contributed by atoms with Crippen molar-refractivity contribution in [1.29, 1.82) is 0 Å². The van der Waals surface area contributed by atoms with Crippen molar-refractivity contribution >= 4 is 28.2 Å². The number of pyridine rings is 1. The van der Waals surface area contributed by atoms with Crippen LogP contribution in [0.5, 0.6) is 23.0 Å². The van der Waals surface area contributed by atoms with Gasteiger partial charge in [-0.1, -0.05) is 25.4 Å². The van der Waals surface area contributed by atoms with Gasteiger partial charge >= 0.3 is 0 Å². The summed E-state index contributed by atoms with van der Waals surface area (Å²) in [4.78, 5) is 27.5. The number of nitrogens with zero attached hydrogens (tertiary/aromatic N) is 1. The van der Waals surface area contributed by atoms with Crippen molar-refractivity contribution in [1.82, 2.24) is 4.68 Å². The van der Waals surface area contributed by atoms with Gasteiger partial charge in [0.15, 0.2) is 30.2 Å². The second kappa shape index (κ2) is 9.07. The maximum Gasteiger partial charge on any atom is 0.280 e. The van der Waals surface area contributed by atoms with Gasteiger partial charge in [-0.3, -0.25) is 9.59 Å². The molecule has 0 spiro atoms. The minimum absolute atomic E-state index is 0.0271. The van der Waals surface area contributed by atoms with Crippen molar-refractivity contribution in [3.63, 3.8) is 0 Å². The number of aliphatic hydroxyl groups is 1. The molecule has 218 valence electrons. The van der Waals surface area contributed by atoms with Gasteiger partial charge in [0.05, 0.1) is 23.6 Å². The zero-order valence-corrected chi connectivity index (χ0v) is 23.6. The first-order valence-corrected chi connectivity index (χ1v) is 13.9. The lowest BCUT2D eigenvalue weighted by Gasteiger charge is -2.40. The lowest BCUT2D eigenvalue weighted by molar-refractivity contribution is -0.0622. The van der Waals surface area contributed by atoms with Crippen molar-refractivity contribution in [2.45, 2.75) is 44.8 Å². The number of phenols is 2. The van der Waals surface area contributed by atoms with Crippen LogP contribution in [-0.4, -0.2) is 45.8 Å². The molecule has 0 fully saturated rings. The summed E-state index contributed by atoms with van der Waals surface area (Å²) in [6.45, 7) is 3.72. The predicted molar refractivity (Wildman–Crippen MR) is 152 cm³/mol. The number of Topliss-reactive ketones (excluding diaryl/α,β-unsaturated/α-hetero) is 1. The fraction of sp³-hybridized carbons (Fsp3) is 0.333. The van der Waals surface area contributed by atoms with Crippen molar-refractivity contribution in [3.8, 4) is 34.1 Å². The van der Waals surface area contributed by atoms with Crippen LogP contribution in [0.15, 0.2) is 34.5 Å². The number of ether oxygens (including phenoxy) is 4. The van der Waals surface area contributed by atoms with E-state index in [0.717, 1.165) is 4.68 Å². The minimum Gasteiger partial charge on any atom is -0.511 e. The average molecular weight is 595 g/mol. The molecular weight excluding hydrogens is 568 g/mol. The topological polar surface area (TPSA) is 163 Å². The maximum absolute atomic E-state index is 13.9. The molecule has 0 amide bonds. The number of nitrogens with two attached hydrogens (primary N) is 1. The molecule has 5 N–H and O–H groups in total. The summed E-state index contributed by atoms with van der Waals surface area (Å²) in [6.07, 6.45) is 2.06. The van der Waals surface area contributed by atoms with E-state index in [2.05, 4.69) is 0 Å². The lowest BCUT2D eigenvalue weighted by atomic mass is 9.76. The Bertz CT molecular complexity index is 1880. The molecule has 0 saturated heterocycles. The molecule has 12 heteroatoms. The quantitative estimate of drug-likeness (QED) is 0.318.